The van der Waals surface area contributed by atoms with E-state index in [1.807, 2.05) is 6.07 Å². The molecule has 0 unspecified atom stereocenters. The second kappa shape index (κ2) is 13.9. The Morgan fingerprint density at radius 3 is 1.50 bits per heavy atom. The van der Waals surface area contributed by atoms with Crippen LogP contribution in [0.2, 0.25) is 0 Å². The first-order valence-electron chi connectivity index (χ1n) is 20.6. The molecule has 0 bridgehead atoms. The largest absolute Gasteiger partial charge is 0.455 e. The normalized spacial score (nSPS) is 11.7. The smallest absolute Gasteiger partial charge is 0.143 e. The first kappa shape index (κ1) is 34.1. The van der Waals surface area contributed by atoms with E-state index in [1.54, 1.807) is 0 Å². The summed E-state index contributed by atoms with van der Waals surface area (Å²) in [5, 5.41) is 12.2. The molecule has 0 saturated carbocycles. The highest BCUT2D eigenvalue weighted by Gasteiger charge is 2.19. The average molecular weight is 764 g/mol. The van der Waals surface area contributed by atoms with Gasteiger partial charge in [0.05, 0.1) is 5.69 Å². The third kappa shape index (κ3) is 5.57. The summed E-state index contributed by atoms with van der Waals surface area (Å²) in [6.07, 6.45) is 0. The quantitative estimate of drug-likeness (QED) is 0.157. The highest BCUT2D eigenvalue weighted by Crippen LogP contribution is 2.44. The van der Waals surface area contributed by atoms with Crippen LogP contribution in [0.5, 0.6) is 0 Å². The molecule has 0 fully saturated rings. The van der Waals surface area contributed by atoms with Gasteiger partial charge in [0.2, 0.25) is 0 Å². The molecular weight excluding hydrogens is 727 g/mol. The van der Waals surface area contributed by atoms with E-state index in [0.29, 0.717) is 0 Å². The van der Waals surface area contributed by atoms with Gasteiger partial charge in [-0.05, 0) is 114 Å². The lowest BCUT2D eigenvalue weighted by Gasteiger charge is -2.28. The molecule has 12 rings (SSSR count). The number of fused-ring (bicyclic) bond motifs is 9. The molecule has 0 amide bonds. The highest BCUT2D eigenvalue weighted by atomic mass is 16.3. The third-order valence-electron chi connectivity index (χ3n) is 12.2. The third-order valence-corrected chi connectivity index (χ3v) is 12.2. The second-order valence-electron chi connectivity index (χ2n) is 15.6. The van der Waals surface area contributed by atoms with Gasteiger partial charge in [0.1, 0.15) is 11.2 Å². The maximum Gasteiger partial charge on any atom is 0.143 e. The first-order valence-corrected chi connectivity index (χ1v) is 20.6. The van der Waals surface area contributed by atoms with Gasteiger partial charge >= 0.3 is 0 Å². The van der Waals surface area contributed by atoms with E-state index in [0.717, 1.165) is 61.3 Å². The van der Waals surface area contributed by atoms with Crippen molar-refractivity contribution in [2.75, 3.05) is 4.90 Å². The Bertz CT molecular complexity index is 3580. The second-order valence-corrected chi connectivity index (χ2v) is 15.6. The minimum Gasteiger partial charge on any atom is -0.455 e. The molecule has 0 aliphatic rings. The Morgan fingerprint density at radius 1 is 0.283 bits per heavy atom. The van der Waals surface area contributed by atoms with Crippen LogP contribution in [0.4, 0.5) is 17.1 Å². The lowest BCUT2D eigenvalue weighted by molar-refractivity contribution is 0.670. The fourth-order valence-electron chi connectivity index (χ4n) is 9.36. The van der Waals surface area contributed by atoms with Crippen molar-refractivity contribution in [3.63, 3.8) is 0 Å². The predicted molar refractivity (Wildman–Crippen MR) is 255 cm³/mol. The molecule has 12 aromatic rings. The zero-order chi connectivity index (χ0) is 39.6. The molecule has 0 N–H and O–H groups in total. The van der Waals surface area contributed by atoms with E-state index < -0.39 is 0 Å². The number of hydrogen-bond acceptors (Lipinski definition) is 2. The lowest BCUT2D eigenvalue weighted by atomic mass is 9.93. The molecule has 1 heterocycles. The zero-order valence-corrected chi connectivity index (χ0v) is 32.7. The van der Waals surface area contributed by atoms with Crippen LogP contribution in [0.1, 0.15) is 0 Å². The summed E-state index contributed by atoms with van der Waals surface area (Å²) in [5.41, 5.74) is 12.1. The van der Waals surface area contributed by atoms with Crippen LogP contribution < -0.4 is 4.90 Å². The van der Waals surface area contributed by atoms with Gasteiger partial charge in [-0.25, -0.2) is 0 Å². The van der Waals surface area contributed by atoms with Crippen molar-refractivity contribution in [2.45, 2.75) is 0 Å². The number of nitrogens with zero attached hydrogens (tertiary/aromatic N) is 1. The summed E-state index contributed by atoms with van der Waals surface area (Å²) >= 11 is 0. The fourth-order valence-corrected chi connectivity index (χ4v) is 9.36. The summed E-state index contributed by atoms with van der Waals surface area (Å²) in [5.74, 6) is 0. The van der Waals surface area contributed by atoms with Crippen LogP contribution in [0.3, 0.4) is 0 Å². The lowest BCUT2D eigenvalue weighted by Crippen LogP contribution is -2.10. The molecule has 0 aliphatic heterocycles. The van der Waals surface area contributed by atoms with Crippen LogP contribution in [0.25, 0.3) is 98.4 Å². The molecule has 60 heavy (non-hydrogen) atoms. The molecule has 1 aromatic heterocycles. The molecular formula is C58H37NO. The van der Waals surface area contributed by atoms with Crippen molar-refractivity contribution in [1.82, 2.24) is 0 Å². The van der Waals surface area contributed by atoms with Crippen LogP contribution >= 0.6 is 0 Å². The van der Waals surface area contributed by atoms with Gasteiger partial charge in [0, 0.05) is 33.1 Å². The first-order chi connectivity index (χ1) is 29.7. The Labute approximate surface area is 347 Å². The molecule has 0 saturated heterocycles. The van der Waals surface area contributed by atoms with Crippen LogP contribution in [-0.4, -0.2) is 0 Å². The van der Waals surface area contributed by atoms with E-state index in [9.17, 15) is 0 Å². The van der Waals surface area contributed by atoms with Crippen LogP contribution in [0, 0.1) is 0 Å². The minimum absolute atomic E-state index is 0.892. The maximum absolute atomic E-state index is 6.51. The van der Waals surface area contributed by atoms with Crippen molar-refractivity contribution < 1.29 is 4.42 Å². The standard InChI is InChI=1S/C58H37NO/c1-2-13-39(14-3-1)48-23-12-24-53-55-35-41(29-34-57(55)60-58(48)53)38-25-30-44(31-26-38)59(56-37-43-16-5-7-18-47(43)50-20-10-11-22-52(50)56)45-32-27-40(28-33-45)54-36-42-15-4-6-17-46(42)49-19-8-9-21-51(49)54/h1-37H. The van der Waals surface area contributed by atoms with E-state index in [1.165, 1.54) is 54.2 Å². The van der Waals surface area contributed by atoms with Gasteiger partial charge in [-0.15, -0.1) is 0 Å². The Balaban J connectivity index is 0.987. The topological polar surface area (TPSA) is 16.4 Å². The Kier molecular flexibility index (Phi) is 7.89. The van der Waals surface area contributed by atoms with Crippen molar-refractivity contribution in [1.29, 1.82) is 0 Å². The van der Waals surface area contributed by atoms with Crippen molar-refractivity contribution in [3.05, 3.63) is 224 Å². The Morgan fingerprint density at radius 2 is 0.800 bits per heavy atom. The number of rotatable bonds is 6. The number of para-hydroxylation sites is 1. The van der Waals surface area contributed by atoms with Crippen molar-refractivity contribution >= 4 is 82.1 Å². The summed E-state index contributed by atoms with van der Waals surface area (Å²) in [6.45, 7) is 0. The van der Waals surface area contributed by atoms with Crippen LogP contribution in [0.15, 0.2) is 229 Å². The predicted octanol–water partition coefficient (Wildman–Crippen LogP) is 16.7. The SMILES string of the molecule is c1ccc(-c2cccc3c2oc2ccc(-c4ccc(N(c5ccc(-c6cc7ccccc7c7ccccc67)cc5)c5cc6ccccc6c6ccccc56)cc4)cc23)cc1. The molecule has 2 heteroatoms. The van der Waals surface area contributed by atoms with Gasteiger partial charge in [-0.1, -0.05) is 176 Å². The summed E-state index contributed by atoms with van der Waals surface area (Å²) in [6, 6.07) is 81.2. The van der Waals surface area contributed by atoms with Gasteiger partial charge in [0.25, 0.3) is 0 Å². The monoisotopic (exact) mass is 763 g/mol. The number of anilines is 3. The van der Waals surface area contributed by atoms with E-state index in [-0.39, 0.29) is 0 Å². The summed E-state index contributed by atoms with van der Waals surface area (Å²) in [7, 11) is 0. The molecule has 0 atom stereocenters. The summed E-state index contributed by atoms with van der Waals surface area (Å²) < 4.78 is 6.51. The van der Waals surface area contributed by atoms with Gasteiger partial charge < -0.3 is 9.32 Å². The zero-order valence-electron chi connectivity index (χ0n) is 32.7. The molecule has 0 spiro atoms. The molecule has 11 aromatic carbocycles. The maximum atomic E-state index is 6.51. The number of furan rings is 1. The highest BCUT2D eigenvalue weighted by molar-refractivity contribution is 6.16. The molecule has 280 valence electrons. The van der Waals surface area contributed by atoms with Crippen molar-refractivity contribution in [2.24, 2.45) is 0 Å². The fraction of sp³-hybridized carbons (Fsp3) is 0. The van der Waals surface area contributed by atoms with Gasteiger partial charge in [-0.2, -0.15) is 0 Å². The summed E-state index contributed by atoms with van der Waals surface area (Å²) in [4.78, 5) is 2.42. The minimum atomic E-state index is 0.892. The van der Waals surface area contributed by atoms with E-state index in [4.69, 9.17) is 4.42 Å². The van der Waals surface area contributed by atoms with Gasteiger partial charge in [0.15, 0.2) is 0 Å². The van der Waals surface area contributed by atoms with Gasteiger partial charge in [-0.3, -0.25) is 0 Å². The average Bonchev–Trinajstić information content (AvgIpc) is 3.70. The number of hydrogen-bond donors (Lipinski definition) is 0. The van der Waals surface area contributed by atoms with Crippen LogP contribution in [-0.2, 0) is 0 Å². The van der Waals surface area contributed by atoms with Crippen molar-refractivity contribution in [3.8, 4) is 33.4 Å². The molecule has 2 nitrogen and oxygen atoms in total. The molecule has 0 aliphatic carbocycles. The number of benzene rings is 11. The van der Waals surface area contributed by atoms with E-state index in [2.05, 4.69) is 223 Å². The molecule has 0 radical (unpaired) electrons. The van der Waals surface area contributed by atoms with E-state index >= 15 is 0 Å². The Hall–Kier alpha value is -7.94.